The number of benzene rings is 1. The molecule has 0 bridgehead atoms. The molecule has 1 aromatic rings. The van der Waals surface area contributed by atoms with Crippen LogP contribution in [0.3, 0.4) is 0 Å². The van der Waals surface area contributed by atoms with Crippen LogP contribution in [-0.4, -0.2) is 40.7 Å². The number of piperidine rings is 1. The SMILES string of the molecule is CC(O)C1CC(=O)N2CC(OCc3cc(C(F)(F)F)cc(C(F)(F)F)c3)CC2C1. The maximum Gasteiger partial charge on any atom is 0.416 e. The van der Waals surface area contributed by atoms with Gasteiger partial charge < -0.3 is 14.7 Å². The second-order valence-electron chi connectivity index (χ2n) is 7.72. The third-order valence-corrected chi connectivity index (χ3v) is 5.52. The van der Waals surface area contributed by atoms with Crippen LogP contribution in [0.15, 0.2) is 18.2 Å². The number of ether oxygens (including phenoxy) is 1. The van der Waals surface area contributed by atoms with Gasteiger partial charge >= 0.3 is 12.4 Å². The summed E-state index contributed by atoms with van der Waals surface area (Å²) < 4.78 is 83.3. The summed E-state index contributed by atoms with van der Waals surface area (Å²) in [6.45, 7) is 1.43. The van der Waals surface area contributed by atoms with Crippen molar-refractivity contribution in [3.8, 4) is 0 Å². The van der Waals surface area contributed by atoms with Gasteiger partial charge in [0, 0.05) is 19.0 Å². The first-order chi connectivity index (χ1) is 13.3. The number of alkyl halides is 6. The van der Waals surface area contributed by atoms with Crippen molar-refractivity contribution in [2.24, 2.45) is 5.92 Å². The number of aliphatic hydroxyl groups excluding tert-OH is 1. The van der Waals surface area contributed by atoms with Crippen LogP contribution in [0, 0.1) is 5.92 Å². The van der Waals surface area contributed by atoms with Crippen molar-refractivity contribution in [2.45, 2.75) is 63.4 Å². The third-order valence-electron chi connectivity index (χ3n) is 5.52. The highest BCUT2D eigenvalue weighted by molar-refractivity contribution is 5.78. The summed E-state index contributed by atoms with van der Waals surface area (Å²) >= 11 is 0. The highest BCUT2D eigenvalue weighted by Gasteiger charge is 2.42. The van der Waals surface area contributed by atoms with E-state index in [0.717, 1.165) is 0 Å². The molecule has 10 heteroatoms. The summed E-state index contributed by atoms with van der Waals surface area (Å²) in [5, 5.41) is 9.73. The largest absolute Gasteiger partial charge is 0.416 e. The standard InChI is InChI=1S/C19H21F6NO3/c1-10(27)12-4-15-7-16(8-26(15)17(28)5-12)29-9-11-2-13(18(20,21)22)6-14(3-11)19(23,24)25/h2-3,6,10,12,15-16,27H,4-5,7-9H2,1H3. The van der Waals surface area contributed by atoms with Gasteiger partial charge in [0.05, 0.1) is 29.9 Å². The zero-order chi connectivity index (χ0) is 21.6. The molecule has 29 heavy (non-hydrogen) atoms. The van der Waals surface area contributed by atoms with Gasteiger partial charge in [0.15, 0.2) is 0 Å². The predicted molar refractivity (Wildman–Crippen MR) is 89.5 cm³/mol. The molecule has 0 saturated carbocycles. The molecule has 1 amide bonds. The lowest BCUT2D eigenvalue weighted by molar-refractivity contribution is -0.143. The van der Waals surface area contributed by atoms with Crippen LogP contribution < -0.4 is 0 Å². The van der Waals surface area contributed by atoms with E-state index >= 15 is 0 Å². The summed E-state index contributed by atoms with van der Waals surface area (Å²) in [6, 6.07) is 1.22. The van der Waals surface area contributed by atoms with Gasteiger partial charge in [-0.25, -0.2) is 0 Å². The van der Waals surface area contributed by atoms with Crippen LogP contribution in [0.1, 0.15) is 42.9 Å². The Morgan fingerprint density at radius 1 is 1.10 bits per heavy atom. The maximum absolute atomic E-state index is 13.0. The highest BCUT2D eigenvalue weighted by atomic mass is 19.4. The van der Waals surface area contributed by atoms with Gasteiger partial charge in [-0.1, -0.05) is 0 Å². The van der Waals surface area contributed by atoms with Crippen molar-refractivity contribution in [1.82, 2.24) is 4.90 Å². The van der Waals surface area contributed by atoms with Gasteiger partial charge in [0.2, 0.25) is 5.91 Å². The number of aliphatic hydroxyl groups is 1. The Bertz CT molecular complexity index is 729. The lowest BCUT2D eigenvalue weighted by Crippen LogP contribution is -2.44. The van der Waals surface area contributed by atoms with Crippen LogP contribution in [0.25, 0.3) is 0 Å². The molecule has 0 aliphatic carbocycles. The van der Waals surface area contributed by atoms with E-state index in [9.17, 15) is 36.2 Å². The molecule has 2 aliphatic rings. The molecule has 162 valence electrons. The molecule has 3 rings (SSSR count). The number of fused-ring (bicyclic) bond motifs is 1. The Labute approximate surface area is 163 Å². The van der Waals surface area contributed by atoms with E-state index in [2.05, 4.69) is 0 Å². The van der Waals surface area contributed by atoms with Crippen molar-refractivity contribution in [3.63, 3.8) is 0 Å². The van der Waals surface area contributed by atoms with Crippen molar-refractivity contribution in [1.29, 1.82) is 0 Å². The summed E-state index contributed by atoms with van der Waals surface area (Å²) in [7, 11) is 0. The van der Waals surface area contributed by atoms with E-state index in [1.54, 1.807) is 11.8 Å². The lowest BCUT2D eigenvalue weighted by atomic mass is 9.87. The smallest absolute Gasteiger partial charge is 0.393 e. The first kappa shape index (κ1) is 21.9. The van der Waals surface area contributed by atoms with Gasteiger partial charge in [-0.05, 0) is 49.4 Å². The number of amides is 1. The number of hydrogen-bond donors (Lipinski definition) is 1. The van der Waals surface area contributed by atoms with E-state index in [1.165, 1.54) is 0 Å². The number of halogens is 6. The Morgan fingerprint density at radius 2 is 1.69 bits per heavy atom. The van der Waals surface area contributed by atoms with Crippen molar-refractivity contribution < 1.29 is 41.0 Å². The first-order valence-corrected chi connectivity index (χ1v) is 9.22. The summed E-state index contributed by atoms with van der Waals surface area (Å²) in [5.41, 5.74) is -3.00. The van der Waals surface area contributed by atoms with Crippen molar-refractivity contribution >= 4 is 5.91 Å². The first-order valence-electron chi connectivity index (χ1n) is 9.22. The fourth-order valence-corrected chi connectivity index (χ4v) is 3.98. The molecule has 4 unspecified atom stereocenters. The minimum Gasteiger partial charge on any atom is -0.393 e. The summed E-state index contributed by atoms with van der Waals surface area (Å²) in [5.74, 6) is -0.294. The second-order valence-corrected chi connectivity index (χ2v) is 7.72. The molecule has 2 aliphatic heterocycles. The molecule has 1 aromatic carbocycles. The zero-order valence-electron chi connectivity index (χ0n) is 15.6. The number of nitrogens with zero attached hydrogens (tertiary/aromatic N) is 1. The van der Waals surface area contributed by atoms with E-state index in [0.29, 0.717) is 25.0 Å². The second kappa shape index (κ2) is 7.79. The Hall–Kier alpha value is -1.81. The molecule has 2 saturated heterocycles. The third kappa shape index (κ3) is 5.03. The van der Waals surface area contributed by atoms with E-state index in [4.69, 9.17) is 4.74 Å². The van der Waals surface area contributed by atoms with Gasteiger partial charge in [-0.2, -0.15) is 26.3 Å². The van der Waals surface area contributed by atoms with E-state index in [1.807, 2.05) is 0 Å². The summed E-state index contributed by atoms with van der Waals surface area (Å²) in [6.07, 6.45) is -9.71. The lowest BCUT2D eigenvalue weighted by Gasteiger charge is -2.35. The van der Waals surface area contributed by atoms with Gasteiger partial charge in [0.1, 0.15) is 0 Å². The molecule has 2 heterocycles. The average molecular weight is 425 g/mol. The Kier molecular flexibility index (Phi) is 5.88. The molecule has 1 N–H and O–H groups in total. The number of carbonyl (C=O) groups excluding carboxylic acids is 1. The van der Waals surface area contributed by atoms with Crippen LogP contribution in [0.2, 0.25) is 0 Å². The fourth-order valence-electron chi connectivity index (χ4n) is 3.98. The molecule has 0 radical (unpaired) electrons. The minimum absolute atomic E-state index is 0.0776. The number of hydrogen-bond acceptors (Lipinski definition) is 3. The highest BCUT2D eigenvalue weighted by Crippen LogP contribution is 2.37. The van der Waals surface area contributed by atoms with Crippen molar-refractivity contribution in [3.05, 3.63) is 34.9 Å². The zero-order valence-corrected chi connectivity index (χ0v) is 15.6. The van der Waals surface area contributed by atoms with Crippen LogP contribution in [0.5, 0.6) is 0 Å². The Balaban J connectivity index is 1.70. The van der Waals surface area contributed by atoms with Crippen molar-refractivity contribution in [2.75, 3.05) is 6.54 Å². The monoisotopic (exact) mass is 425 g/mol. The molecule has 4 nitrogen and oxygen atoms in total. The molecule has 0 aromatic heterocycles. The average Bonchev–Trinajstić information content (AvgIpc) is 3.02. The van der Waals surface area contributed by atoms with Crippen LogP contribution >= 0.6 is 0 Å². The van der Waals surface area contributed by atoms with E-state index < -0.39 is 42.3 Å². The molecule has 0 spiro atoms. The minimum atomic E-state index is -4.91. The molecular formula is C19H21F6NO3. The number of carbonyl (C=O) groups is 1. The van der Waals surface area contributed by atoms with Gasteiger partial charge in [-0.15, -0.1) is 0 Å². The molecular weight excluding hydrogens is 404 g/mol. The van der Waals surface area contributed by atoms with Crippen LogP contribution in [0.4, 0.5) is 26.3 Å². The normalized spacial score (nSPS) is 26.6. The summed E-state index contributed by atoms with van der Waals surface area (Å²) in [4.78, 5) is 13.9. The van der Waals surface area contributed by atoms with Crippen LogP contribution in [-0.2, 0) is 28.5 Å². The fraction of sp³-hybridized carbons (Fsp3) is 0.632. The van der Waals surface area contributed by atoms with Gasteiger partial charge in [0.25, 0.3) is 0 Å². The quantitative estimate of drug-likeness (QED) is 0.742. The molecule has 4 atom stereocenters. The van der Waals surface area contributed by atoms with E-state index in [-0.39, 0.29) is 42.5 Å². The molecule has 2 fully saturated rings. The topological polar surface area (TPSA) is 49.8 Å². The Morgan fingerprint density at radius 3 is 2.21 bits per heavy atom. The number of rotatable bonds is 4. The predicted octanol–water partition coefficient (Wildman–Crippen LogP) is 4.00. The van der Waals surface area contributed by atoms with Gasteiger partial charge in [-0.3, -0.25) is 4.79 Å². The maximum atomic E-state index is 13.0.